The predicted molar refractivity (Wildman–Crippen MR) is 70.6 cm³/mol. The lowest BCUT2D eigenvalue weighted by Gasteiger charge is -2.45. The zero-order valence-corrected chi connectivity index (χ0v) is 11.0. The summed E-state index contributed by atoms with van der Waals surface area (Å²) in [4.78, 5) is 0. The molecule has 4 nitrogen and oxygen atoms in total. The minimum absolute atomic E-state index is 0.172. The maximum absolute atomic E-state index is 11.0. The molecule has 2 aliphatic heterocycles. The van der Waals surface area contributed by atoms with Crippen LogP contribution in [-0.2, 0) is 10.3 Å². The molecule has 2 fully saturated rings. The van der Waals surface area contributed by atoms with Crippen molar-refractivity contribution in [2.24, 2.45) is 0 Å². The second-order valence-electron chi connectivity index (χ2n) is 5.70. The molecule has 1 aromatic carbocycles. The molecule has 2 atom stereocenters. The van der Waals surface area contributed by atoms with Crippen molar-refractivity contribution in [2.75, 3.05) is 13.2 Å². The average molecular weight is 258 g/mol. The fraction of sp³-hybridized carbons (Fsp3) is 0.533. The zero-order valence-electron chi connectivity index (χ0n) is 11.0. The lowest BCUT2D eigenvalue weighted by molar-refractivity contribution is -0.0803. The SMILES string of the molecule is Cc1ccc(C2(O)CC3COCC(C2)N3)c(C#N)c1. The van der Waals surface area contributed by atoms with Crippen molar-refractivity contribution in [3.05, 3.63) is 34.9 Å². The highest BCUT2D eigenvalue weighted by Crippen LogP contribution is 2.38. The number of benzene rings is 1. The molecule has 1 aromatic rings. The number of morpholine rings is 1. The number of aryl methyl sites for hydroxylation is 1. The van der Waals surface area contributed by atoms with Crippen molar-refractivity contribution in [2.45, 2.75) is 37.5 Å². The Hall–Kier alpha value is -1.41. The van der Waals surface area contributed by atoms with Crippen LogP contribution in [0.3, 0.4) is 0 Å². The number of piperidine rings is 1. The summed E-state index contributed by atoms with van der Waals surface area (Å²) in [6, 6.07) is 8.26. The van der Waals surface area contributed by atoms with Crippen LogP contribution in [0.1, 0.15) is 29.5 Å². The van der Waals surface area contributed by atoms with E-state index in [2.05, 4.69) is 11.4 Å². The smallest absolute Gasteiger partial charge is 0.0995 e. The standard InChI is InChI=1S/C15H18N2O2/c1-10-2-3-14(11(4-10)7-16)15(18)5-12-8-19-9-13(6-15)17-12/h2-4,12-13,17-18H,5-6,8-9H2,1H3. The second-order valence-corrected chi connectivity index (χ2v) is 5.70. The normalized spacial score (nSPS) is 33.7. The first kappa shape index (κ1) is 12.6. The van der Waals surface area contributed by atoms with E-state index < -0.39 is 5.60 Å². The van der Waals surface area contributed by atoms with E-state index in [-0.39, 0.29) is 12.1 Å². The van der Waals surface area contributed by atoms with Gasteiger partial charge >= 0.3 is 0 Å². The van der Waals surface area contributed by atoms with E-state index in [1.807, 2.05) is 25.1 Å². The van der Waals surface area contributed by atoms with Crippen molar-refractivity contribution in [1.29, 1.82) is 5.26 Å². The molecule has 3 rings (SSSR count). The topological polar surface area (TPSA) is 65.3 Å². The van der Waals surface area contributed by atoms with Gasteiger partial charge in [0.2, 0.25) is 0 Å². The molecule has 4 heteroatoms. The largest absolute Gasteiger partial charge is 0.385 e. The Morgan fingerprint density at radius 3 is 2.68 bits per heavy atom. The Kier molecular flexibility index (Phi) is 3.06. The van der Waals surface area contributed by atoms with Gasteiger partial charge in [0.1, 0.15) is 0 Å². The Morgan fingerprint density at radius 1 is 1.37 bits per heavy atom. The number of aliphatic hydroxyl groups is 1. The molecule has 2 N–H and O–H groups in total. The number of rotatable bonds is 1. The highest BCUT2D eigenvalue weighted by Gasteiger charge is 2.43. The first-order chi connectivity index (χ1) is 9.10. The highest BCUT2D eigenvalue weighted by molar-refractivity contribution is 5.44. The molecule has 0 radical (unpaired) electrons. The summed E-state index contributed by atoms with van der Waals surface area (Å²) in [7, 11) is 0. The van der Waals surface area contributed by atoms with Gasteiger partial charge in [-0.25, -0.2) is 0 Å². The van der Waals surface area contributed by atoms with Gasteiger partial charge in [0, 0.05) is 17.6 Å². The van der Waals surface area contributed by atoms with Crippen LogP contribution < -0.4 is 5.32 Å². The van der Waals surface area contributed by atoms with E-state index in [4.69, 9.17) is 4.74 Å². The van der Waals surface area contributed by atoms with Gasteiger partial charge in [-0.2, -0.15) is 5.26 Å². The Balaban J connectivity index is 1.99. The zero-order chi connectivity index (χ0) is 13.5. The van der Waals surface area contributed by atoms with Crippen LogP contribution in [0.5, 0.6) is 0 Å². The predicted octanol–water partition coefficient (Wildman–Crippen LogP) is 1.21. The number of hydrogen-bond acceptors (Lipinski definition) is 4. The lowest BCUT2D eigenvalue weighted by Crippen LogP contribution is -2.58. The van der Waals surface area contributed by atoms with Crippen molar-refractivity contribution < 1.29 is 9.84 Å². The van der Waals surface area contributed by atoms with Crippen LogP contribution in [0.2, 0.25) is 0 Å². The van der Waals surface area contributed by atoms with E-state index in [1.165, 1.54) is 0 Å². The molecule has 0 amide bonds. The minimum atomic E-state index is -0.914. The highest BCUT2D eigenvalue weighted by atomic mass is 16.5. The summed E-state index contributed by atoms with van der Waals surface area (Å²) in [6.45, 7) is 3.22. The summed E-state index contributed by atoms with van der Waals surface area (Å²) in [5.41, 5.74) is 1.48. The van der Waals surface area contributed by atoms with Crippen LogP contribution in [-0.4, -0.2) is 30.4 Å². The molecule has 0 aromatic heterocycles. The summed E-state index contributed by atoms with van der Waals surface area (Å²) < 4.78 is 5.50. The maximum Gasteiger partial charge on any atom is 0.0995 e. The van der Waals surface area contributed by atoms with Gasteiger partial charge in [0.25, 0.3) is 0 Å². The van der Waals surface area contributed by atoms with Gasteiger partial charge in [-0.15, -0.1) is 0 Å². The molecule has 2 bridgehead atoms. The van der Waals surface area contributed by atoms with E-state index in [0.717, 1.165) is 11.1 Å². The average Bonchev–Trinajstić information content (AvgIpc) is 2.37. The molecule has 2 unspecified atom stereocenters. The third-order valence-corrected chi connectivity index (χ3v) is 4.07. The van der Waals surface area contributed by atoms with E-state index in [0.29, 0.717) is 31.6 Å². The summed E-state index contributed by atoms with van der Waals surface area (Å²) in [6.07, 6.45) is 1.20. The molecule has 100 valence electrons. The molecule has 2 saturated heterocycles. The fourth-order valence-corrected chi connectivity index (χ4v) is 3.29. The van der Waals surface area contributed by atoms with Gasteiger partial charge in [0.05, 0.1) is 30.4 Å². The van der Waals surface area contributed by atoms with Crippen molar-refractivity contribution in [3.8, 4) is 6.07 Å². The molecule has 2 heterocycles. The molecular weight excluding hydrogens is 240 g/mol. The molecular formula is C15H18N2O2. The number of nitriles is 1. The first-order valence-electron chi connectivity index (χ1n) is 6.68. The van der Waals surface area contributed by atoms with Gasteiger partial charge in [-0.1, -0.05) is 12.1 Å². The number of ether oxygens (including phenoxy) is 1. The summed E-state index contributed by atoms with van der Waals surface area (Å²) in [5.74, 6) is 0. The molecule has 2 aliphatic rings. The van der Waals surface area contributed by atoms with Gasteiger partial charge in [-0.3, -0.25) is 0 Å². The minimum Gasteiger partial charge on any atom is -0.385 e. The molecule has 0 aliphatic carbocycles. The van der Waals surface area contributed by atoms with E-state index in [1.54, 1.807) is 0 Å². The molecule has 19 heavy (non-hydrogen) atoms. The van der Waals surface area contributed by atoms with Crippen LogP contribution >= 0.6 is 0 Å². The Morgan fingerprint density at radius 2 is 2.05 bits per heavy atom. The number of hydrogen-bond donors (Lipinski definition) is 2. The third kappa shape index (κ3) is 2.25. The van der Waals surface area contributed by atoms with E-state index in [9.17, 15) is 10.4 Å². The van der Waals surface area contributed by atoms with Crippen LogP contribution in [0.4, 0.5) is 0 Å². The summed E-state index contributed by atoms with van der Waals surface area (Å²) in [5, 5.41) is 23.8. The molecule has 0 saturated carbocycles. The Bertz CT molecular complexity index is 523. The fourth-order valence-electron chi connectivity index (χ4n) is 3.29. The number of nitrogens with one attached hydrogen (secondary N) is 1. The van der Waals surface area contributed by atoms with Gasteiger partial charge < -0.3 is 15.2 Å². The van der Waals surface area contributed by atoms with Gasteiger partial charge in [-0.05, 0) is 31.4 Å². The Labute approximate surface area is 113 Å². The lowest BCUT2D eigenvalue weighted by atomic mass is 9.76. The third-order valence-electron chi connectivity index (χ3n) is 4.07. The quantitative estimate of drug-likeness (QED) is 0.794. The summed E-state index contributed by atoms with van der Waals surface area (Å²) >= 11 is 0. The van der Waals surface area contributed by atoms with Crippen LogP contribution in [0.15, 0.2) is 18.2 Å². The van der Waals surface area contributed by atoms with Crippen molar-refractivity contribution >= 4 is 0 Å². The monoisotopic (exact) mass is 258 g/mol. The van der Waals surface area contributed by atoms with Crippen LogP contribution in [0, 0.1) is 18.3 Å². The van der Waals surface area contributed by atoms with Crippen LogP contribution in [0.25, 0.3) is 0 Å². The first-order valence-corrected chi connectivity index (χ1v) is 6.68. The number of nitrogens with zero attached hydrogens (tertiary/aromatic N) is 1. The maximum atomic E-state index is 11.0. The molecule has 0 spiro atoms. The van der Waals surface area contributed by atoms with Gasteiger partial charge in [0.15, 0.2) is 0 Å². The van der Waals surface area contributed by atoms with Crippen molar-refractivity contribution in [3.63, 3.8) is 0 Å². The van der Waals surface area contributed by atoms with E-state index >= 15 is 0 Å². The second kappa shape index (κ2) is 4.61. The number of fused-ring (bicyclic) bond motifs is 2. The van der Waals surface area contributed by atoms with Crippen molar-refractivity contribution in [1.82, 2.24) is 5.32 Å².